The van der Waals surface area contributed by atoms with Crippen LogP contribution < -0.4 is 10.1 Å². The zero-order chi connectivity index (χ0) is 23.1. The lowest BCUT2D eigenvalue weighted by Gasteiger charge is -2.34. The fourth-order valence-corrected chi connectivity index (χ4v) is 3.61. The summed E-state index contributed by atoms with van der Waals surface area (Å²) in [7, 11) is 0. The second-order valence-corrected chi connectivity index (χ2v) is 8.78. The Morgan fingerprint density at radius 1 is 1.06 bits per heavy atom. The number of carbonyl (C=O) groups excluding carboxylic acids is 3. The zero-order valence-corrected chi connectivity index (χ0v) is 18.8. The fraction of sp³-hybridized carbons (Fsp3) is 0.400. The molecule has 1 heterocycles. The van der Waals surface area contributed by atoms with Gasteiger partial charge in [0.1, 0.15) is 18.4 Å². The summed E-state index contributed by atoms with van der Waals surface area (Å²) in [4.78, 5) is 39.1. The van der Waals surface area contributed by atoms with Crippen molar-refractivity contribution in [2.24, 2.45) is 0 Å². The van der Waals surface area contributed by atoms with Crippen molar-refractivity contribution >= 4 is 17.8 Å². The Bertz CT molecular complexity index is 952. The summed E-state index contributed by atoms with van der Waals surface area (Å²) in [5, 5.41) is 2.72. The van der Waals surface area contributed by atoms with Gasteiger partial charge in [0, 0.05) is 13.1 Å². The smallest absolute Gasteiger partial charge is 0.308 e. The third-order valence-electron chi connectivity index (χ3n) is 5.30. The molecule has 170 valence electrons. The average Bonchev–Trinajstić information content (AvgIpc) is 2.77. The molecule has 1 fully saturated rings. The zero-order valence-electron chi connectivity index (χ0n) is 18.8. The molecule has 32 heavy (non-hydrogen) atoms. The number of nitrogens with one attached hydrogen (secondary N) is 1. The van der Waals surface area contributed by atoms with E-state index in [4.69, 9.17) is 9.47 Å². The van der Waals surface area contributed by atoms with Crippen molar-refractivity contribution < 1.29 is 23.9 Å². The molecule has 0 radical (unpaired) electrons. The van der Waals surface area contributed by atoms with E-state index in [1.165, 1.54) is 4.90 Å². The predicted molar refractivity (Wildman–Crippen MR) is 120 cm³/mol. The van der Waals surface area contributed by atoms with Gasteiger partial charge in [-0.05, 0) is 22.6 Å². The normalized spacial score (nSPS) is 16.3. The molecule has 1 unspecified atom stereocenters. The standard InChI is InChI=1S/C25H30N2O5/c1-25(2,3)19-11-7-8-12-21(19)31-17-22(28)27-14-13-26-24(30)20(27)15-23(29)32-16-18-9-5-4-6-10-18/h4-12,20H,13-17H2,1-3H3,(H,26,30). The Kier molecular flexibility index (Phi) is 7.51. The van der Waals surface area contributed by atoms with Crippen molar-refractivity contribution in [1.29, 1.82) is 0 Å². The SMILES string of the molecule is CC(C)(C)c1ccccc1OCC(=O)N1CCNC(=O)C1CC(=O)OCc1ccccc1. The third-order valence-corrected chi connectivity index (χ3v) is 5.30. The highest BCUT2D eigenvalue weighted by molar-refractivity contribution is 5.92. The van der Waals surface area contributed by atoms with Crippen molar-refractivity contribution in [2.75, 3.05) is 19.7 Å². The summed E-state index contributed by atoms with van der Waals surface area (Å²) in [6.45, 7) is 6.77. The summed E-state index contributed by atoms with van der Waals surface area (Å²) in [6, 6.07) is 16.0. The Hall–Kier alpha value is -3.35. The minimum absolute atomic E-state index is 0.120. The first-order valence-electron chi connectivity index (χ1n) is 10.7. The second kappa shape index (κ2) is 10.3. The molecule has 2 aromatic rings. The maximum Gasteiger partial charge on any atom is 0.308 e. The first-order valence-corrected chi connectivity index (χ1v) is 10.7. The molecule has 7 heteroatoms. The first-order chi connectivity index (χ1) is 15.3. The Labute approximate surface area is 188 Å². The number of esters is 1. The highest BCUT2D eigenvalue weighted by Gasteiger charge is 2.35. The maximum absolute atomic E-state index is 12.9. The molecular weight excluding hydrogens is 408 g/mol. The molecule has 0 saturated carbocycles. The van der Waals surface area contributed by atoms with E-state index in [1.807, 2.05) is 54.6 Å². The van der Waals surface area contributed by atoms with Gasteiger partial charge in [0.05, 0.1) is 6.42 Å². The van der Waals surface area contributed by atoms with Crippen molar-refractivity contribution in [3.63, 3.8) is 0 Å². The molecule has 1 atom stereocenters. The minimum Gasteiger partial charge on any atom is -0.483 e. The number of ether oxygens (including phenoxy) is 2. The molecular formula is C25H30N2O5. The van der Waals surface area contributed by atoms with Gasteiger partial charge < -0.3 is 19.7 Å². The molecule has 0 spiro atoms. The number of piperazine rings is 1. The summed E-state index contributed by atoms with van der Waals surface area (Å²) in [5.74, 6) is -0.609. The summed E-state index contributed by atoms with van der Waals surface area (Å²) in [5.41, 5.74) is 1.70. The van der Waals surface area contributed by atoms with Gasteiger partial charge in [-0.1, -0.05) is 69.3 Å². The van der Waals surface area contributed by atoms with Crippen molar-refractivity contribution in [2.45, 2.75) is 45.3 Å². The predicted octanol–water partition coefficient (Wildman–Crippen LogP) is 2.82. The molecule has 0 aliphatic carbocycles. The molecule has 0 bridgehead atoms. The largest absolute Gasteiger partial charge is 0.483 e. The van der Waals surface area contributed by atoms with E-state index in [0.29, 0.717) is 18.8 Å². The highest BCUT2D eigenvalue weighted by Crippen LogP contribution is 2.31. The topological polar surface area (TPSA) is 84.9 Å². The van der Waals surface area contributed by atoms with Crippen LogP contribution in [0.4, 0.5) is 0 Å². The highest BCUT2D eigenvalue weighted by atomic mass is 16.5. The number of hydrogen-bond donors (Lipinski definition) is 1. The lowest BCUT2D eigenvalue weighted by atomic mass is 9.86. The van der Waals surface area contributed by atoms with Crippen molar-refractivity contribution in [3.05, 3.63) is 65.7 Å². The van der Waals surface area contributed by atoms with E-state index in [0.717, 1.165) is 11.1 Å². The monoisotopic (exact) mass is 438 g/mol. The van der Waals surface area contributed by atoms with Gasteiger partial charge in [-0.15, -0.1) is 0 Å². The molecule has 3 rings (SSSR count). The van der Waals surface area contributed by atoms with E-state index < -0.39 is 12.0 Å². The van der Waals surface area contributed by atoms with Crippen molar-refractivity contribution in [3.8, 4) is 5.75 Å². The Balaban J connectivity index is 1.61. The van der Waals surface area contributed by atoms with E-state index >= 15 is 0 Å². The Morgan fingerprint density at radius 3 is 2.47 bits per heavy atom. The Morgan fingerprint density at radius 2 is 1.75 bits per heavy atom. The van der Waals surface area contributed by atoms with Gasteiger partial charge in [-0.3, -0.25) is 14.4 Å². The molecule has 1 N–H and O–H groups in total. The van der Waals surface area contributed by atoms with Gasteiger partial charge in [0.15, 0.2) is 6.61 Å². The first kappa shape index (κ1) is 23.3. The third kappa shape index (κ3) is 6.09. The van der Waals surface area contributed by atoms with Crippen LogP contribution in [0.25, 0.3) is 0 Å². The van der Waals surface area contributed by atoms with Gasteiger partial charge in [0.2, 0.25) is 5.91 Å². The van der Waals surface area contributed by atoms with Crippen LogP contribution in [0.5, 0.6) is 5.75 Å². The molecule has 0 aromatic heterocycles. The average molecular weight is 439 g/mol. The van der Waals surface area contributed by atoms with Crippen LogP contribution in [0.2, 0.25) is 0 Å². The fourth-order valence-electron chi connectivity index (χ4n) is 3.61. The quantitative estimate of drug-likeness (QED) is 0.672. The van der Waals surface area contributed by atoms with Gasteiger partial charge in [-0.25, -0.2) is 0 Å². The molecule has 1 aliphatic heterocycles. The van der Waals surface area contributed by atoms with E-state index in [2.05, 4.69) is 26.1 Å². The van der Waals surface area contributed by atoms with Crippen LogP contribution >= 0.6 is 0 Å². The maximum atomic E-state index is 12.9. The van der Waals surface area contributed by atoms with Crippen LogP contribution in [-0.4, -0.2) is 48.4 Å². The second-order valence-electron chi connectivity index (χ2n) is 8.78. The lowest BCUT2D eigenvalue weighted by Crippen LogP contribution is -2.58. The molecule has 7 nitrogen and oxygen atoms in total. The molecule has 1 saturated heterocycles. The van der Waals surface area contributed by atoms with E-state index in [9.17, 15) is 14.4 Å². The van der Waals surface area contributed by atoms with Crippen molar-refractivity contribution in [1.82, 2.24) is 10.2 Å². The molecule has 2 amide bonds. The van der Waals surface area contributed by atoms with E-state index in [-0.39, 0.29) is 36.9 Å². The van der Waals surface area contributed by atoms with E-state index in [1.54, 1.807) is 0 Å². The minimum atomic E-state index is -0.916. The number of hydrogen-bond acceptors (Lipinski definition) is 5. The van der Waals surface area contributed by atoms with Crippen LogP contribution in [0.1, 0.15) is 38.3 Å². The van der Waals surface area contributed by atoms with Crippen LogP contribution in [0, 0.1) is 0 Å². The number of benzene rings is 2. The van der Waals surface area contributed by atoms with Gasteiger partial charge >= 0.3 is 5.97 Å². The number of rotatable bonds is 7. The van der Waals surface area contributed by atoms with Gasteiger partial charge in [-0.2, -0.15) is 0 Å². The molecule has 1 aliphatic rings. The summed E-state index contributed by atoms with van der Waals surface area (Å²) >= 11 is 0. The summed E-state index contributed by atoms with van der Waals surface area (Å²) in [6.07, 6.45) is -0.205. The van der Waals surface area contributed by atoms with Crippen LogP contribution in [-0.2, 0) is 31.1 Å². The van der Waals surface area contributed by atoms with Gasteiger partial charge in [0.25, 0.3) is 5.91 Å². The number of para-hydroxylation sites is 1. The summed E-state index contributed by atoms with van der Waals surface area (Å²) < 4.78 is 11.1. The molecule has 2 aromatic carbocycles. The number of carbonyl (C=O) groups is 3. The van der Waals surface area contributed by atoms with Crippen LogP contribution in [0.15, 0.2) is 54.6 Å². The lowest BCUT2D eigenvalue weighted by molar-refractivity contribution is -0.153. The number of nitrogens with zero attached hydrogens (tertiary/aromatic N) is 1. The number of amides is 2. The van der Waals surface area contributed by atoms with Crippen LogP contribution in [0.3, 0.4) is 0 Å².